The summed E-state index contributed by atoms with van der Waals surface area (Å²) in [7, 11) is 0. The fourth-order valence-electron chi connectivity index (χ4n) is 4.39. The van der Waals surface area contributed by atoms with Crippen LogP contribution in [0, 0.1) is 6.92 Å². The minimum atomic E-state index is -0.00336. The molecule has 1 rings (SSSR count). The van der Waals surface area contributed by atoms with Gasteiger partial charge in [-0.3, -0.25) is 4.79 Å². The maximum absolute atomic E-state index is 12.3. The van der Waals surface area contributed by atoms with Gasteiger partial charge in [-0.2, -0.15) is 0 Å². The lowest BCUT2D eigenvalue weighted by atomic mass is 10.0. The first kappa shape index (κ1) is 29.0. The van der Waals surface area contributed by atoms with E-state index in [9.17, 15) is 9.90 Å². The van der Waals surface area contributed by atoms with Crippen molar-refractivity contribution in [3.05, 3.63) is 28.3 Å². The molecule has 0 unspecified atom stereocenters. The zero-order valence-corrected chi connectivity index (χ0v) is 21.8. The first-order valence-electron chi connectivity index (χ1n) is 13.6. The highest BCUT2D eigenvalue weighted by Gasteiger charge is 2.13. The molecule has 1 aromatic rings. The summed E-state index contributed by atoms with van der Waals surface area (Å²) in [5.74, 6) is 0.0473. The van der Waals surface area contributed by atoms with E-state index in [2.05, 4.69) is 6.92 Å². The van der Waals surface area contributed by atoms with Crippen molar-refractivity contribution in [3.8, 4) is 5.75 Å². The van der Waals surface area contributed by atoms with Crippen molar-refractivity contribution >= 4 is 17.4 Å². The normalized spacial score (nSPS) is 11.2. The molecule has 1 N–H and O–H groups in total. The summed E-state index contributed by atoms with van der Waals surface area (Å²) in [4.78, 5) is 12.3. The van der Waals surface area contributed by atoms with Crippen molar-refractivity contribution in [1.29, 1.82) is 0 Å². The zero-order valence-electron chi connectivity index (χ0n) is 21.0. The monoisotopic (exact) mass is 464 g/mol. The van der Waals surface area contributed by atoms with Gasteiger partial charge in [0.05, 0.1) is 5.56 Å². The van der Waals surface area contributed by atoms with Crippen LogP contribution in [-0.4, -0.2) is 10.9 Å². The first-order chi connectivity index (χ1) is 15.6. The molecule has 0 aliphatic carbocycles. The summed E-state index contributed by atoms with van der Waals surface area (Å²) in [5.41, 5.74) is 1.16. The Kier molecular flexibility index (Phi) is 17.6. The second kappa shape index (κ2) is 19.4. The predicted molar refractivity (Wildman–Crippen MR) is 140 cm³/mol. The molecule has 0 heterocycles. The van der Waals surface area contributed by atoms with Crippen LogP contribution in [0.4, 0.5) is 0 Å². The Labute approximate surface area is 203 Å². The van der Waals surface area contributed by atoms with Gasteiger partial charge in [-0.05, 0) is 31.0 Å². The molecule has 0 spiro atoms. The van der Waals surface area contributed by atoms with Gasteiger partial charge in [0, 0.05) is 11.4 Å². The Morgan fingerprint density at radius 1 is 0.688 bits per heavy atom. The standard InChI is InChI=1S/C29H49ClO2/c1-3-4-5-6-7-8-9-10-11-12-13-14-15-16-17-18-19-20-21-22-28(31)26-24-27(30)25(2)23-29(26)32/h23-24,32H,3-22H2,1-2H3. The number of rotatable bonds is 21. The molecular weight excluding hydrogens is 416 g/mol. The van der Waals surface area contributed by atoms with Crippen molar-refractivity contribution in [2.24, 2.45) is 0 Å². The Morgan fingerprint density at radius 3 is 1.47 bits per heavy atom. The Hall–Kier alpha value is -1.02. The number of Topliss-reactive ketones (excluding diaryl/α,β-unsaturated/α-hetero) is 1. The van der Waals surface area contributed by atoms with E-state index in [4.69, 9.17) is 11.6 Å². The van der Waals surface area contributed by atoms with Gasteiger partial charge in [-0.1, -0.05) is 134 Å². The molecule has 32 heavy (non-hydrogen) atoms. The van der Waals surface area contributed by atoms with Crippen molar-refractivity contribution in [2.45, 2.75) is 142 Å². The Balaban J connectivity index is 1.85. The molecule has 0 aliphatic heterocycles. The minimum Gasteiger partial charge on any atom is -0.507 e. The van der Waals surface area contributed by atoms with E-state index in [1.165, 1.54) is 109 Å². The van der Waals surface area contributed by atoms with Crippen LogP contribution in [0.2, 0.25) is 5.02 Å². The van der Waals surface area contributed by atoms with Gasteiger partial charge in [0.1, 0.15) is 5.75 Å². The van der Waals surface area contributed by atoms with E-state index >= 15 is 0 Å². The molecule has 0 saturated carbocycles. The molecule has 0 bridgehead atoms. The van der Waals surface area contributed by atoms with E-state index in [1.54, 1.807) is 12.1 Å². The molecular formula is C29H49ClO2. The number of halogens is 1. The molecule has 3 heteroatoms. The van der Waals surface area contributed by atoms with Gasteiger partial charge in [0.2, 0.25) is 0 Å². The van der Waals surface area contributed by atoms with Crippen LogP contribution >= 0.6 is 11.6 Å². The Morgan fingerprint density at radius 2 is 1.06 bits per heavy atom. The Bertz CT molecular complexity index is 611. The van der Waals surface area contributed by atoms with Gasteiger partial charge in [0.15, 0.2) is 5.78 Å². The third kappa shape index (κ3) is 14.2. The van der Waals surface area contributed by atoms with Crippen molar-refractivity contribution in [2.75, 3.05) is 0 Å². The number of aromatic hydroxyl groups is 1. The van der Waals surface area contributed by atoms with E-state index in [0.29, 0.717) is 17.0 Å². The summed E-state index contributed by atoms with van der Waals surface area (Å²) >= 11 is 6.08. The maximum atomic E-state index is 12.3. The highest BCUT2D eigenvalue weighted by atomic mass is 35.5. The number of hydrogen-bond donors (Lipinski definition) is 1. The van der Waals surface area contributed by atoms with Crippen LogP contribution in [0.25, 0.3) is 0 Å². The summed E-state index contributed by atoms with van der Waals surface area (Å²) < 4.78 is 0. The summed E-state index contributed by atoms with van der Waals surface area (Å²) in [6, 6.07) is 3.18. The number of aryl methyl sites for hydroxylation is 1. The van der Waals surface area contributed by atoms with Crippen molar-refractivity contribution in [1.82, 2.24) is 0 Å². The lowest BCUT2D eigenvalue weighted by Gasteiger charge is -2.07. The van der Waals surface area contributed by atoms with Crippen LogP contribution in [0.1, 0.15) is 151 Å². The SMILES string of the molecule is CCCCCCCCCCCCCCCCCCCCCC(=O)c1cc(Cl)c(C)cc1O. The average molecular weight is 465 g/mol. The molecule has 0 amide bonds. The van der Waals surface area contributed by atoms with E-state index in [1.807, 2.05) is 6.92 Å². The molecule has 0 fully saturated rings. The van der Waals surface area contributed by atoms with E-state index < -0.39 is 0 Å². The highest BCUT2D eigenvalue weighted by Crippen LogP contribution is 2.27. The van der Waals surface area contributed by atoms with Gasteiger partial charge in [-0.25, -0.2) is 0 Å². The number of ketones is 1. The van der Waals surface area contributed by atoms with Crippen molar-refractivity contribution < 1.29 is 9.90 Å². The second-order valence-electron chi connectivity index (χ2n) is 9.66. The van der Waals surface area contributed by atoms with Gasteiger partial charge < -0.3 is 5.11 Å². The van der Waals surface area contributed by atoms with Crippen LogP contribution in [0.3, 0.4) is 0 Å². The number of carbonyl (C=O) groups excluding carboxylic acids is 1. The number of phenols is 1. The van der Waals surface area contributed by atoms with Gasteiger partial charge in [-0.15, -0.1) is 0 Å². The van der Waals surface area contributed by atoms with Crippen LogP contribution in [0.5, 0.6) is 5.75 Å². The molecule has 1 aromatic carbocycles. The van der Waals surface area contributed by atoms with Gasteiger partial charge in [0.25, 0.3) is 0 Å². The molecule has 0 radical (unpaired) electrons. The number of unbranched alkanes of at least 4 members (excludes halogenated alkanes) is 18. The van der Waals surface area contributed by atoms with Gasteiger partial charge >= 0.3 is 0 Å². The highest BCUT2D eigenvalue weighted by molar-refractivity contribution is 6.31. The first-order valence-corrected chi connectivity index (χ1v) is 14.0. The number of carbonyl (C=O) groups is 1. The fourth-order valence-corrected chi connectivity index (χ4v) is 4.55. The van der Waals surface area contributed by atoms with Crippen LogP contribution in [0.15, 0.2) is 12.1 Å². The average Bonchev–Trinajstić information content (AvgIpc) is 2.77. The summed E-state index contributed by atoms with van der Waals surface area (Å²) in [6.07, 6.45) is 26.1. The third-order valence-corrected chi connectivity index (χ3v) is 6.99. The molecule has 184 valence electrons. The predicted octanol–water partition coefficient (Wildman–Crippen LogP) is 10.4. The molecule has 0 aliphatic rings. The number of hydrogen-bond acceptors (Lipinski definition) is 2. The minimum absolute atomic E-state index is 0.00336. The zero-order chi connectivity index (χ0) is 23.4. The van der Waals surface area contributed by atoms with Crippen molar-refractivity contribution in [3.63, 3.8) is 0 Å². The molecule has 2 nitrogen and oxygen atoms in total. The molecule has 0 saturated heterocycles. The van der Waals surface area contributed by atoms with E-state index in [-0.39, 0.29) is 11.5 Å². The summed E-state index contributed by atoms with van der Waals surface area (Å²) in [5, 5.41) is 10.5. The topological polar surface area (TPSA) is 37.3 Å². The molecule has 0 atom stereocenters. The van der Waals surface area contributed by atoms with Crippen LogP contribution < -0.4 is 0 Å². The van der Waals surface area contributed by atoms with Crippen LogP contribution in [-0.2, 0) is 0 Å². The number of benzene rings is 1. The lowest BCUT2D eigenvalue weighted by molar-refractivity contribution is 0.0976. The fraction of sp³-hybridized carbons (Fsp3) is 0.759. The smallest absolute Gasteiger partial charge is 0.166 e. The largest absolute Gasteiger partial charge is 0.507 e. The lowest BCUT2D eigenvalue weighted by Crippen LogP contribution is -2.00. The third-order valence-electron chi connectivity index (χ3n) is 6.58. The second-order valence-corrected chi connectivity index (χ2v) is 10.1. The quantitative estimate of drug-likeness (QED) is 0.145. The summed E-state index contributed by atoms with van der Waals surface area (Å²) in [6.45, 7) is 4.11. The molecule has 0 aromatic heterocycles. The number of phenolic OH excluding ortho intramolecular Hbond substituents is 1. The maximum Gasteiger partial charge on any atom is 0.166 e. The van der Waals surface area contributed by atoms with E-state index in [0.717, 1.165) is 18.4 Å².